The molecule has 0 aliphatic heterocycles. The average Bonchev–Trinajstić information content (AvgIpc) is 2.22. The van der Waals surface area contributed by atoms with Gasteiger partial charge in [0.15, 0.2) is 6.10 Å². The summed E-state index contributed by atoms with van der Waals surface area (Å²) in [6, 6.07) is 5.79. The molecule has 1 rings (SSSR count). The molecule has 1 aromatic rings. The molecule has 1 amide bonds. The van der Waals surface area contributed by atoms with Gasteiger partial charge in [0, 0.05) is 12.6 Å². The van der Waals surface area contributed by atoms with E-state index in [9.17, 15) is 9.59 Å². The molecule has 0 fully saturated rings. The first-order chi connectivity index (χ1) is 7.90. The third-order valence-corrected chi connectivity index (χ3v) is 2.36. The van der Waals surface area contributed by atoms with Gasteiger partial charge in [-0.25, -0.2) is 0 Å². The van der Waals surface area contributed by atoms with Gasteiger partial charge in [-0.1, -0.05) is 12.1 Å². The number of rotatable bonds is 3. The number of benzene rings is 1. The highest BCUT2D eigenvalue weighted by atomic mass is 16.5. The van der Waals surface area contributed by atoms with Crippen LogP contribution in [0.3, 0.4) is 0 Å². The van der Waals surface area contributed by atoms with E-state index in [4.69, 9.17) is 4.74 Å². The topological polar surface area (TPSA) is 55.4 Å². The Bertz CT molecular complexity index is 440. The number of carbonyl (C=O) groups excluding carboxylic acids is 2. The number of ether oxygens (including phenoxy) is 1. The van der Waals surface area contributed by atoms with Gasteiger partial charge in [-0.3, -0.25) is 9.59 Å². The van der Waals surface area contributed by atoms with Crippen LogP contribution in [0.4, 0.5) is 5.69 Å². The maximum absolute atomic E-state index is 11.7. The van der Waals surface area contributed by atoms with E-state index in [1.807, 2.05) is 32.0 Å². The predicted octanol–water partition coefficient (Wildman–Crippen LogP) is 2.19. The molecule has 92 valence electrons. The Labute approximate surface area is 101 Å². The monoisotopic (exact) mass is 235 g/mol. The van der Waals surface area contributed by atoms with Crippen LogP contribution in [0.1, 0.15) is 25.0 Å². The Morgan fingerprint density at radius 2 is 1.94 bits per heavy atom. The van der Waals surface area contributed by atoms with E-state index in [2.05, 4.69) is 5.32 Å². The lowest BCUT2D eigenvalue weighted by atomic mass is 10.1. The highest BCUT2D eigenvalue weighted by molar-refractivity contribution is 5.95. The standard InChI is InChI=1S/C13H17NO3/c1-8-5-6-9(2)12(7-8)14-13(16)10(3)17-11(4)15/h5-7,10H,1-4H3,(H,14,16)/t10-/m1/s1. The molecule has 0 aliphatic rings. The Morgan fingerprint density at radius 3 is 2.53 bits per heavy atom. The molecule has 1 aromatic carbocycles. The van der Waals surface area contributed by atoms with E-state index in [-0.39, 0.29) is 5.91 Å². The van der Waals surface area contributed by atoms with Crippen molar-refractivity contribution in [3.8, 4) is 0 Å². The summed E-state index contributed by atoms with van der Waals surface area (Å²) < 4.78 is 4.80. The predicted molar refractivity (Wildman–Crippen MR) is 65.8 cm³/mol. The Kier molecular flexibility index (Phi) is 4.26. The van der Waals surface area contributed by atoms with Crippen LogP contribution in [0.15, 0.2) is 18.2 Å². The molecule has 0 spiro atoms. The van der Waals surface area contributed by atoms with Crippen molar-refractivity contribution >= 4 is 17.6 Å². The van der Waals surface area contributed by atoms with Crippen molar-refractivity contribution in [3.63, 3.8) is 0 Å². The number of carbonyl (C=O) groups is 2. The normalized spacial score (nSPS) is 11.8. The van der Waals surface area contributed by atoms with Gasteiger partial charge in [0.2, 0.25) is 0 Å². The van der Waals surface area contributed by atoms with Crippen LogP contribution in [0.25, 0.3) is 0 Å². The van der Waals surface area contributed by atoms with E-state index in [1.165, 1.54) is 6.92 Å². The summed E-state index contributed by atoms with van der Waals surface area (Å²) in [5.74, 6) is -0.789. The molecule has 0 saturated carbocycles. The number of nitrogens with one attached hydrogen (secondary N) is 1. The first-order valence-corrected chi connectivity index (χ1v) is 5.45. The van der Waals surface area contributed by atoms with Crippen molar-refractivity contribution in [2.75, 3.05) is 5.32 Å². The zero-order valence-corrected chi connectivity index (χ0v) is 10.5. The minimum atomic E-state index is -0.785. The zero-order valence-electron chi connectivity index (χ0n) is 10.5. The van der Waals surface area contributed by atoms with Crippen molar-refractivity contribution in [2.24, 2.45) is 0 Å². The SMILES string of the molecule is CC(=O)O[C@H](C)C(=O)Nc1cc(C)ccc1C. The van der Waals surface area contributed by atoms with Gasteiger partial charge in [-0.05, 0) is 38.0 Å². The molecule has 17 heavy (non-hydrogen) atoms. The Hall–Kier alpha value is -1.84. The van der Waals surface area contributed by atoms with E-state index in [1.54, 1.807) is 6.92 Å². The van der Waals surface area contributed by atoms with Crippen LogP contribution in [-0.4, -0.2) is 18.0 Å². The summed E-state index contributed by atoms with van der Waals surface area (Å²) in [4.78, 5) is 22.5. The molecular formula is C13H17NO3. The average molecular weight is 235 g/mol. The van der Waals surface area contributed by atoms with Crippen LogP contribution < -0.4 is 5.32 Å². The summed E-state index contributed by atoms with van der Waals surface area (Å²) in [5, 5.41) is 2.74. The number of esters is 1. The van der Waals surface area contributed by atoms with E-state index in [0.29, 0.717) is 0 Å². The van der Waals surface area contributed by atoms with Gasteiger partial charge in [0.1, 0.15) is 0 Å². The molecule has 4 heteroatoms. The first kappa shape index (κ1) is 13.2. The lowest BCUT2D eigenvalue weighted by molar-refractivity contribution is -0.150. The highest BCUT2D eigenvalue weighted by Crippen LogP contribution is 2.16. The van der Waals surface area contributed by atoms with Gasteiger partial charge in [0.05, 0.1) is 0 Å². The summed E-state index contributed by atoms with van der Waals surface area (Å²) in [6.45, 7) is 6.68. The number of anilines is 1. The summed E-state index contributed by atoms with van der Waals surface area (Å²) in [5.41, 5.74) is 2.78. The fourth-order valence-electron chi connectivity index (χ4n) is 1.41. The Balaban J connectivity index is 2.73. The van der Waals surface area contributed by atoms with Gasteiger partial charge in [0.25, 0.3) is 5.91 Å². The first-order valence-electron chi connectivity index (χ1n) is 5.45. The van der Waals surface area contributed by atoms with Crippen LogP contribution in [-0.2, 0) is 14.3 Å². The zero-order chi connectivity index (χ0) is 13.0. The van der Waals surface area contributed by atoms with Gasteiger partial charge < -0.3 is 10.1 Å². The minimum absolute atomic E-state index is 0.325. The number of hydrogen-bond donors (Lipinski definition) is 1. The lowest BCUT2D eigenvalue weighted by Crippen LogP contribution is -2.29. The molecule has 0 heterocycles. The number of aryl methyl sites for hydroxylation is 2. The quantitative estimate of drug-likeness (QED) is 0.817. The van der Waals surface area contributed by atoms with Crippen molar-refractivity contribution in [2.45, 2.75) is 33.8 Å². The smallest absolute Gasteiger partial charge is 0.303 e. The fraction of sp³-hybridized carbons (Fsp3) is 0.385. The largest absolute Gasteiger partial charge is 0.453 e. The molecule has 0 aliphatic carbocycles. The van der Waals surface area contributed by atoms with E-state index < -0.39 is 12.1 Å². The molecule has 0 radical (unpaired) electrons. The van der Waals surface area contributed by atoms with Crippen LogP contribution in [0.2, 0.25) is 0 Å². The van der Waals surface area contributed by atoms with Gasteiger partial charge in [-0.15, -0.1) is 0 Å². The van der Waals surface area contributed by atoms with E-state index in [0.717, 1.165) is 16.8 Å². The molecule has 0 saturated heterocycles. The maximum Gasteiger partial charge on any atom is 0.303 e. The summed E-state index contributed by atoms with van der Waals surface area (Å²) in [6.07, 6.45) is -0.785. The van der Waals surface area contributed by atoms with Crippen molar-refractivity contribution < 1.29 is 14.3 Å². The van der Waals surface area contributed by atoms with Crippen LogP contribution in [0, 0.1) is 13.8 Å². The molecular weight excluding hydrogens is 218 g/mol. The number of amides is 1. The molecule has 4 nitrogen and oxygen atoms in total. The van der Waals surface area contributed by atoms with Crippen molar-refractivity contribution in [1.82, 2.24) is 0 Å². The number of hydrogen-bond acceptors (Lipinski definition) is 3. The third kappa shape index (κ3) is 3.90. The maximum atomic E-state index is 11.7. The molecule has 1 N–H and O–H groups in total. The summed E-state index contributed by atoms with van der Waals surface area (Å²) >= 11 is 0. The highest BCUT2D eigenvalue weighted by Gasteiger charge is 2.16. The molecule has 1 atom stereocenters. The Morgan fingerprint density at radius 1 is 1.29 bits per heavy atom. The van der Waals surface area contributed by atoms with Crippen LogP contribution in [0.5, 0.6) is 0 Å². The summed E-state index contributed by atoms with van der Waals surface area (Å²) in [7, 11) is 0. The van der Waals surface area contributed by atoms with Gasteiger partial charge in [-0.2, -0.15) is 0 Å². The second-order valence-corrected chi connectivity index (χ2v) is 4.06. The molecule has 0 aromatic heterocycles. The van der Waals surface area contributed by atoms with Crippen molar-refractivity contribution in [1.29, 1.82) is 0 Å². The molecule has 0 unspecified atom stereocenters. The van der Waals surface area contributed by atoms with Gasteiger partial charge >= 0.3 is 5.97 Å². The van der Waals surface area contributed by atoms with Crippen molar-refractivity contribution in [3.05, 3.63) is 29.3 Å². The van der Waals surface area contributed by atoms with E-state index >= 15 is 0 Å². The second-order valence-electron chi connectivity index (χ2n) is 4.06. The minimum Gasteiger partial charge on any atom is -0.453 e. The lowest BCUT2D eigenvalue weighted by Gasteiger charge is -2.14. The van der Waals surface area contributed by atoms with Crippen LogP contribution >= 0.6 is 0 Å². The second kappa shape index (κ2) is 5.48. The third-order valence-electron chi connectivity index (χ3n) is 2.36. The fourth-order valence-corrected chi connectivity index (χ4v) is 1.41. The molecule has 0 bridgehead atoms.